The van der Waals surface area contributed by atoms with E-state index in [1.54, 1.807) is 0 Å². The van der Waals surface area contributed by atoms with Crippen LogP contribution < -0.4 is 10.3 Å². The Balaban J connectivity index is 2.22. The van der Waals surface area contributed by atoms with E-state index in [0.717, 1.165) is 12.2 Å². The molecule has 2 heteroatoms. The molecular formula is C13H15N2+. The molecule has 0 saturated carbocycles. The van der Waals surface area contributed by atoms with Gasteiger partial charge < -0.3 is 5.73 Å². The average Bonchev–Trinajstić information content (AvgIpc) is 2.25. The summed E-state index contributed by atoms with van der Waals surface area (Å²) in [4.78, 5) is 0. The molecule has 76 valence electrons. The molecule has 2 aromatic rings. The number of anilines is 1. The third kappa shape index (κ3) is 2.34. The molecule has 15 heavy (non-hydrogen) atoms. The van der Waals surface area contributed by atoms with Gasteiger partial charge in [0.15, 0.2) is 18.4 Å². The van der Waals surface area contributed by atoms with Crippen LogP contribution in [0, 0.1) is 6.92 Å². The summed E-state index contributed by atoms with van der Waals surface area (Å²) in [5, 5.41) is 0. The van der Waals surface area contributed by atoms with Crippen molar-refractivity contribution in [2.24, 2.45) is 0 Å². The van der Waals surface area contributed by atoms with Gasteiger partial charge in [-0.3, -0.25) is 0 Å². The van der Waals surface area contributed by atoms with Crippen LogP contribution in [0.15, 0.2) is 48.7 Å². The third-order valence-corrected chi connectivity index (χ3v) is 2.50. The third-order valence-electron chi connectivity index (χ3n) is 2.50. The number of nitrogen functional groups attached to an aromatic ring is 1. The zero-order valence-corrected chi connectivity index (χ0v) is 8.85. The normalized spacial score (nSPS) is 10.2. The summed E-state index contributed by atoms with van der Waals surface area (Å²) in [6, 6.07) is 14.2. The largest absolute Gasteiger partial charge is 0.399 e. The summed E-state index contributed by atoms with van der Waals surface area (Å²) < 4.78 is 2.21. The smallest absolute Gasteiger partial charge is 0.178 e. The van der Waals surface area contributed by atoms with Crippen molar-refractivity contribution in [1.82, 2.24) is 0 Å². The van der Waals surface area contributed by atoms with Gasteiger partial charge in [-0.25, -0.2) is 0 Å². The number of aromatic nitrogens is 1. The fourth-order valence-electron chi connectivity index (χ4n) is 1.56. The van der Waals surface area contributed by atoms with E-state index >= 15 is 0 Å². The van der Waals surface area contributed by atoms with E-state index < -0.39 is 0 Å². The maximum atomic E-state index is 5.64. The van der Waals surface area contributed by atoms with Gasteiger partial charge in [-0.15, -0.1) is 0 Å². The van der Waals surface area contributed by atoms with Crippen molar-refractivity contribution < 1.29 is 4.57 Å². The lowest BCUT2D eigenvalue weighted by Crippen LogP contribution is -2.36. The first-order valence-electron chi connectivity index (χ1n) is 5.05. The lowest BCUT2D eigenvalue weighted by Gasteiger charge is -2.00. The van der Waals surface area contributed by atoms with Crippen molar-refractivity contribution in [3.05, 3.63) is 59.9 Å². The van der Waals surface area contributed by atoms with E-state index in [2.05, 4.69) is 42.0 Å². The molecule has 0 amide bonds. The molecule has 0 spiro atoms. The summed E-state index contributed by atoms with van der Waals surface area (Å²) in [6.45, 7) is 3.00. The first-order valence-corrected chi connectivity index (χ1v) is 5.05. The van der Waals surface area contributed by atoms with Crippen LogP contribution in [0.3, 0.4) is 0 Å². The Morgan fingerprint density at radius 1 is 1.07 bits per heavy atom. The second-order valence-electron chi connectivity index (χ2n) is 3.71. The molecule has 1 aromatic heterocycles. The van der Waals surface area contributed by atoms with Crippen LogP contribution in [0.1, 0.15) is 11.3 Å². The number of nitrogens with two attached hydrogens (primary N) is 1. The van der Waals surface area contributed by atoms with Crippen LogP contribution in [-0.2, 0) is 6.54 Å². The van der Waals surface area contributed by atoms with Crippen molar-refractivity contribution in [2.45, 2.75) is 13.5 Å². The standard InChI is InChI=1S/C13H15N2/c1-11-4-2-3-9-15(11)10-12-5-7-13(14)8-6-12/h2-9H,10,14H2,1H3/q+1. The van der Waals surface area contributed by atoms with E-state index in [4.69, 9.17) is 5.73 Å². The van der Waals surface area contributed by atoms with Crippen molar-refractivity contribution in [3.63, 3.8) is 0 Å². The van der Waals surface area contributed by atoms with Crippen LogP contribution >= 0.6 is 0 Å². The molecule has 0 radical (unpaired) electrons. The van der Waals surface area contributed by atoms with E-state index in [1.807, 2.05) is 18.2 Å². The highest BCUT2D eigenvalue weighted by molar-refractivity contribution is 5.38. The van der Waals surface area contributed by atoms with Gasteiger partial charge in [0.2, 0.25) is 0 Å². The average molecular weight is 199 g/mol. The quantitative estimate of drug-likeness (QED) is 0.581. The molecule has 0 atom stereocenters. The predicted octanol–water partition coefficient (Wildman–Crippen LogP) is 1.91. The molecule has 2 nitrogen and oxygen atoms in total. The van der Waals surface area contributed by atoms with Gasteiger partial charge in [0.05, 0.1) is 0 Å². The van der Waals surface area contributed by atoms with E-state index in [1.165, 1.54) is 11.3 Å². The molecule has 2 N–H and O–H groups in total. The molecule has 0 aliphatic heterocycles. The predicted molar refractivity (Wildman–Crippen MR) is 61.3 cm³/mol. The van der Waals surface area contributed by atoms with Crippen LogP contribution in [0.5, 0.6) is 0 Å². The first-order chi connectivity index (χ1) is 7.25. The molecule has 0 aliphatic rings. The van der Waals surface area contributed by atoms with Gasteiger partial charge in [-0.1, -0.05) is 18.2 Å². The zero-order valence-electron chi connectivity index (χ0n) is 8.85. The van der Waals surface area contributed by atoms with Crippen molar-refractivity contribution in [1.29, 1.82) is 0 Å². The lowest BCUT2D eigenvalue weighted by atomic mass is 10.2. The van der Waals surface area contributed by atoms with Crippen LogP contribution in [0.2, 0.25) is 0 Å². The number of benzene rings is 1. The Bertz CT molecular complexity index is 446. The Hall–Kier alpha value is -1.83. The van der Waals surface area contributed by atoms with Gasteiger partial charge in [-0.2, -0.15) is 4.57 Å². The highest BCUT2D eigenvalue weighted by Gasteiger charge is 2.04. The fourth-order valence-corrected chi connectivity index (χ4v) is 1.56. The number of hydrogen-bond donors (Lipinski definition) is 1. The van der Waals surface area contributed by atoms with E-state index in [-0.39, 0.29) is 0 Å². The number of rotatable bonds is 2. The molecule has 1 aromatic carbocycles. The van der Waals surface area contributed by atoms with Crippen LogP contribution in [0.4, 0.5) is 5.69 Å². The molecule has 0 bridgehead atoms. The Kier molecular flexibility index (Phi) is 2.68. The van der Waals surface area contributed by atoms with Gasteiger partial charge in [0.25, 0.3) is 0 Å². The van der Waals surface area contributed by atoms with Crippen molar-refractivity contribution >= 4 is 5.69 Å². The summed E-state index contributed by atoms with van der Waals surface area (Å²) in [5.74, 6) is 0. The summed E-state index contributed by atoms with van der Waals surface area (Å²) in [7, 11) is 0. The first kappa shape index (κ1) is 9.71. The minimum atomic E-state index is 0.813. The van der Waals surface area contributed by atoms with Gasteiger partial charge in [0.1, 0.15) is 0 Å². The molecule has 0 unspecified atom stereocenters. The summed E-state index contributed by atoms with van der Waals surface area (Å²) >= 11 is 0. The van der Waals surface area contributed by atoms with Crippen LogP contribution in [0.25, 0.3) is 0 Å². The Morgan fingerprint density at radius 3 is 2.47 bits per heavy atom. The highest BCUT2D eigenvalue weighted by Crippen LogP contribution is 2.05. The summed E-state index contributed by atoms with van der Waals surface area (Å²) in [5.41, 5.74) is 8.98. The topological polar surface area (TPSA) is 29.9 Å². The summed E-state index contributed by atoms with van der Waals surface area (Å²) in [6.07, 6.45) is 2.09. The van der Waals surface area contributed by atoms with Gasteiger partial charge in [-0.05, 0) is 12.1 Å². The second kappa shape index (κ2) is 4.13. The number of nitrogens with zero attached hydrogens (tertiary/aromatic N) is 1. The number of pyridine rings is 1. The lowest BCUT2D eigenvalue weighted by molar-refractivity contribution is -0.694. The number of aryl methyl sites for hydroxylation is 1. The number of hydrogen-bond acceptors (Lipinski definition) is 1. The minimum absolute atomic E-state index is 0.813. The maximum Gasteiger partial charge on any atom is 0.178 e. The Labute approximate surface area is 90.0 Å². The SMILES string of the molecule is Cc1cccc[n+]1Cc1ccc(N)cc1. The molecule has 2 rings (SSSR count). The Morgan fingerprint density at radius 2 is 1.80 bits per heavy atom. The van der Waals surface area contributed by atoms with Gasteiger partial charge >= 0.3 is 0 Å². The maximum absolute atomic E-state index is 5.64. The molecule has 0 aliphatic carbocycles. The van der Waals surface area contributed by atoms with Gasteiger partial charge in [0, 0.05) is 30.3 Å². The van der Waals surface area contributed by atoms with Crippen molar-refractivity contribution in [2.75, 3.05) is 5.73 Å². The molecule has 1 heterocycles. The molecule has 0 saturated heterocycles. The monoisotopic (exact) mass is 199 g/mol. The molecular weight excluding hydrogens is 184 g/mol. The highest BCUT2D eigenvalue weighted by atomic mass is 14.9. The molecule has 0 fully saturated rings. The minimum Gasteiger partial charge on any atom is -0.399 e. The second-order valence-corrected chi connectivity index (χ2v) is 3.71. The van der Waals surface area contributed by atoms with E-state index in [9.17, 15) is 0 Å². The van der Waals surface area contributed by atoms with E-state index in [0.29, 0.717) is 0 Å². The fraction of sp³-hybridized carbons (Fsp3) is 0.154. The van der Waals surface area contributed by atoms with Crippen LogP contribution in [-0.4, -0.2) is 0 Å². The van der Waals surface area contributed by atoms with Crippen molar-refractivity contribution in [3.8, 4) is 0 Å². The zero-order chi connectivity index (χ0) is 10.7.